The lowest BCUT2D eigenvalue weighted by atomic mass is 9.85. The van der Waals surface area contributed by atoms with E-state index in [4.69, 9.17) is 0 Å². The highest BCUT2D eigenvalue weighted by Crippen LogP contribution is 2.42. The number of H-pyrrole nitrogens is 1. The van der Waals surface area contributed by atoms with Gasteiger partial charge < -0.3 is 15.2 Å². The van der Waals surface area contributed by atoms with Crippen molar-refractivity contribution in [2.45, 2.75) is 45.1 Å². The average Bonchev–Trinajstić information content (AvgIpc) is 3.25. The Bertz CT molecular complexity index is 678. The van der Waals surface area contributed by atoms with Crippen LogP contribution in [-0.2, 0) is 0 Å². The fourth-order valence-electron chi connectivity index (χ4n) is 4.15. The monoisotopic (exact) mass is 330 g/mol. The van der Waals surface area contributed by atoms with Crippen LogP contribution in [0.4, 0.5) is 0 Å². The zero-order valence-electron chi connectivity index (χ0n) is 14.3. The summed E-state index contributed by atoms with van der Waals surface area (Å²) in [6.45, 7) is 4.89. The highest BCUT2D eigenvalue weighted by atomic mass is 16.2. The van der Waals surface area contributed by atoms with Crippen LogP contribution in [0.25, 0.3) is 0 Å². The zero-order chi connectivity index (χ0) is 16.7. The van der Waals surface area contributed by atoms with Gasteiger partial charge in [-0.3, -0.25) is 9.59 Å². The molecule has 0 bridgehead atoms. The van der Waals surface area contributed by atoms with Gasteiger partial charge in [0.05, 0.1) is 0 Å². The van der Waals surface area contributed by atoms with Crippen LogP contribution in [0.1, 0.15) is 48.3 Å². The van der Waals surface area contributed by atoms with E-state index in [1.807, 2.05) is 0 Å². The Morgan fingerprint density at radius 1 is 1.33 bits per heavy atom. The Kier molecular flexibility index (Phi) is 4.16. The van der Waals surface area contributed by atoms with E-state index in [0.29, 0.717) is 11.7 Å². The van der Waals surface area contributed by atoms with Crippen LogP contribution >= 0.6 is 0 Å². The number of nitrogens with zero attached hydrogens (tertiary/aromatic N) is 2. The fraction of sp³-hybridized carbons (Fsp3) is 0.722. The van der Waals surface area contributed by atoms with E-state index >= 15 is 0 Å². The molecule has 1 aromatic heterocycles. The van der Waals surface area contributed by atoms with E-state index in [1.165, 1.54) is 44.8 Å². The van der Waals surface area contributed by atoms with Crippen LogP contribution in [0.2, 0.25) is 0 Å². The van der Waals surface area contributed by atoms with Gasteiger partial charge in [0.1, 0.15) is 11.4 Å². The molecule has 24 heavy (non-hydrogen) atoms. The minimum absolute atomic E-state index is 0.118. The van der Waals surface area contributed by atoms with Gasteiger partial charge in [-0.15, -0.1) is 0 Å². The Hall–Kier alpha value is -1.69. The van der Waals surface area contributed by atoms with E-state index in [1.54, 1.807) is 6.92 Å². The van der Waals surface area contributed by atoms with E-state index in [2.05, 4.69) is 20.2 Å². The first kappa shape index (κ1) is 15.8. The lowest BCUT2D eigenvalue weighted by molar-refractivity contribution is 0.0925. The van der Waals surface area contributed by atoms with Gasteiger partial charge in [-0.25, -0.2) is 4.98 Å². The molecule has 0 aromatic carbocycles. The van der Waals surface area contributed by atoms with Crippen molar-refractivity contribution < 1.29 is 4.79 Å². The largest absolute Gasteiger partial charge is 0.347 e. The molecular formula is C18H26N4O2. The maximum Gasteiger partial charge on any atom is 0.263 e. The predicted octanol–water partition coefficient (Wildman–Crippen LogP) is 1.32. The second kappa shape index (κ2) is 6.31. The van der Waals surface area contributed by atoms with Crippen molar-refractivity contribution in [1.29, 1.82) is 0 Å². The number of nitrogens with one attached hydrogen (secondary N) is 2. The van der Waals surface area contributed by atoms with Gasteiger partial charge in [0.15, 0.2) is 0 Å². The maximum atomic E-state index is 12.5. The molecule has 2 atom stereocenters. The van der Waals surface area contributed by atoms with Crippen LogP contribution in [0.15, 0.2) is 11.0 Å². The Morgan fingerprint density at radius 2 is 2.12 bits per heavy atom. The minimum atomic E-state index is -0.354. The van der Waals surface area contributed by atoms with Gasteiger partial charge in [0, 0.05) is 31.9 Å². The van der Waals surface area contributed by atoms with Crippen molar-refractivity contribution >= 4 is 5.91 Å². The third-order valence-electron chi connectivity index (χ3n) is 5.90. The van der Waals surface area contributed by atoms with Crippen molar-refractivity contribution in [3.8, 4) is 0 Å². The number of aromatic amines is 1. The standard InChI is InChI=1S/C18H26N4O2/c1-11-19-7-14(17(23)20-11)18(24)21-16-10-22(8-12-3-2-4-12)9-15(16)13-5-6-13/h7,12-13,15-16H,2-6,8-10H2,1H3,(H,21,24)(H,19,20,23)/t15-,16+/m0/s1. The molecule has 2 aliphatic carbocycles. The molecule has 6 nitrogen and oxygen atoms in total. The van der Waals surface area contributed by atoms with Gasteiger partial charge in [0.2, 0.25) is 0 Å². The lowest BCUT2D eigenvalue weighted by Crippen LogP contribution is -2.43. The van der Waals surface area contributed by atoms with Crippen molar-refractivity contribution in [1.82, 2.24) is 20.2 Å². The van der Waals surface area contributed by atoms with E-state index < -0.39 is 0 Å². The summed E-state index contributed by atoms with van der Waals surface area (Å²) < 4.78 is 0. The minimum Gasteiger partial charge on any atom is -0.347 e. The topological polar surface area (TPSA) is 78.1 Å². The van der Waals surface area contributed by atoms with Gasteiger partial charge >= 0.3 is 0 Å². The first-order chi connectivity index (χ1) is 11.6. The molecule has 2 heterocycles. The summed E-state index contributed by atoms with van der Waals surface area (Å²) in [7, 11) is 0. The zero-order valence-corrected chi connectivity index (χ0v) is 14.3. The first-order valence-electron chi connectivity index (χ1n) is 9.19. The van der Waals surface area contributed by atoms with Crippen molar-refractivity contribution in [2.75, 3.05) is 19.6 Å². The molecule has 2 saturated carbocycles. The highest BCUT2D eigenvalue weighted by Gasteiger charge is 2.43. The summed E-state index contributed by atoms with van der Waals surface area (Å²) in [6, 6.07) is 0.158. The molecule has 1 amide bonds. The summed E-state index contributed by atoms with van der Waals surface area (Å²) in [4.78, 5) is 33.7. The van der Waals surface area contributed by atoms with E-state index in [-0.39, 0.29) is 23.1 Å². The third-order valence-corrected chi connectivity index (χ3v) is 5.90. The molecule has 1 aromatic rings. The van der Waals surface area contributed by atoms with Crippen molar-refractivity contribution in [2.24, 2.45) is 17.8 Å². The van der Waals surface area contributed by atoms with Gasteiger partial charge in [-0.05, 0) is 50.4 Å². The SMILES string of the molecule is Cc1ncc(C(=O)N[C@@H]2CN(CC3CCC3)C[C@H]2C2CC2)c(=O)[nH]1. The summed E-state index contributed by atoms with van der Waals surface area (Å²) >= 11 is 0. The van der Waals surface area contributed by atoms with Crippen LogP contribution in [0.5, 0.6) is 0 Å². The molecule has 2 N–H and O–H groups in total. The lowest BCUT2D eigenvalue weighted by Gasteiger charge is -2.30. The smallest absolute Gasteiger partial charge is 0.263 e. The van der Waals surface area contributed by atoms with Gasteiger partial charge in [0.25, 0.3) is 11.5 Å². The predicted molar refractivity (Wildman–Crippen MR) is 90.8 cm³/mol. The number of hydrogen-bond acceptors (Lipinski definition) is 4. The molecule has 130 valence electrons. The van der Waals surface area contributed by atoms with E-state index in [9.17, 15) is 9.59 Å². The number of carbonyl (C=O) groups excluding carboxylic acids is 1. The summed E-state index contributed by atoms with van der Waals surface area (Å²) in [6.07, 6.45) is 8.02. The first-order valence-corrected chi connectivity index (χ1v) is 9.19. The van der Waals surface area contributed by atoms with E-state index in [0.717, 1.165) is 24.9 Å². The normalized spacial score (nSPS) is 27.9. The number of aryl methyl sites for hydroxylation is 1. The number of carbonyl (C=O) groups is 1. The Labute approximate surface area is 142 Å². The molecule has 0 spiro atoms. The van der Waals surface area contributed by atoms with Crippen LogP contribution in [0.3, 0.4) is 0 Å². The summed E-state index contributed by atoms with van der Waals surface area (Å²) in [5.74, 6) is 2.37. The molecule has 4 rings (SSSR count). The fourth-order valence-corrected chi connectivity index (χ4v) is 4.15. The molecule has 0 unspecified atom stereocenters. The second-order valence-corrected chi connectivity index (χ2v) is 7.81. The van der Waals surface area contributed by atoms with Crippen molar-refractivity contribution in [3.63, 3.8) is 0 Å². The quantitative estimate of drug-likeness (QED) is 0.853. The number of hydrogen-bond donors (Lipinski definition) is 2. The van der Waals surface area contributed by atoms with Crippen LogP contribution < -0.4 is 10.9 Å². The van der Waals surface area contributed by atoms with Gasteiger partial charge in [-0.1, -0.05) is 6.42 Å². The average molecular weight is 330 g/mol. The maximum absolute atomic E-state index is 12.5. The molecular weight excluding hydrogens is 304 g/mol. The molecule has 6 heteroatoms. The molecule has 1 saturated heterocycles. The number of amides is 1. The number of rotatable bonds is 5. The highest BCUT2D eigenvalue weighted by molar-refractivity contribution is 5.93. The molecule has 3 fully saturated rings. The summed E-state index contributed by atoms with van der Waals surface area (Å²) in [5.41, 5.74) is -0.236. The van der Waals surface area contributed by atoms with Crippen molar-refractivity contribution in [3.05, 3.63) is 27.9 Å². The molecule has 0 radical (unpaired) electrons. The number of likely N-dealkylation sites (tertiary alicyclic amines) is 1. The van der Waals surface area contributed by atoms with Crippen LogP contribution in [-0.4, -0.2) is 46.5 Å². The molecule has 3 aliphatic rings. The van der Waals surface area contributed by atoms with Crippen LogP contribution in [0, 0.1) is 24.7 Å². The molecule has 1 aliphatic heterocycles. The Balaban J connectivity index is 1.43. The summed E-state index contributed by atoms with van der Waals surface area (Å²) in [5, 5.41) is 3.13. The number of aromatic nitrogens is 2. The van der Waals surface area contributed by atoms with Gasteiger partial charge in [-0.2, -0.15) is 0 Å². The third kappa shape index (κ3) is 3.24. The second-order valence-electron chi connectivity index (χ2n) is 7.81. The Morgan fingerprint density at radius 3 is 2.75 bits per heavy atom.